The number of hydrogen-bond acceptors (Lipinski definition) is 3. The highest BCUT2D eigenvalue weighted by atomic mass is 16.3. The number of hydrogen-bond donors (Lipinski definition) is 3. The van der Waals surface area contributed by atoms with Crippen molar-refractivity contribution in [2.75, 3.05) is 13.2 Å². The average Bonchev–Trinajstić information content (AvgIpc) is 3.40. The normalized spacial score (nSPS) is 24.6. The maximum atomic E-state index is 13.1. The molecule has 0 aliphatic heterocycles. The first-order valence-electron chi connectivity index (χ1n) is 12.2. The largest absolute Gasteiger partial charge is 0.394 e. The van der Waals surface area contributed by atoms with Gasteiger partial charge in [-0.2, -0.15) is 0 Å². The summed E-state index contributed by atoms with van der Waals surface area (Å²) in [6.07, 6.45) is 6.76. The number of carbonyl (C=O) groups excluding carboxylic acids is 1. The molecule has 5 unspecified atom stereocenters. The van der Waals surface area contributed by atoms with E-state index in [1.54, 1.807) is 0 Å². The topological polar surface area (TPSA) is 69.6 Å². The van der Waals surface area contributed by atoms with E-state index in [-0.39, 0.29) is 24.5 Å². The molecule has 1 amide bonds. The lowest BCUT2D eigenvalue weighted by Crippen LogP contribution is -2.45. The minimum atomic E-state index is -0.896. The van der Waals surface area contributed by atoms with Gasteiger partial charge in [-0.05, 0) is 60.2 Å². The fraction of sp³-hybridized carbons (Fsp3) is 0.962. The van der Waals surface area contributed by atoms with E-state index in [1.165, 1.54) is 25.7 Å². The van der Waals surface area contributed by atoms with Crippen LogP contribution < -0.4 is 5.32 Å². The van der Waals surface area contributed by atoms with Crippen LogP contribution in [0.15, 0.2) is 0 Å². The van der Waals surface area contributed by atoms with Crippen molar-refractivity contribution in [3.63, 3.8) is 0 Å². The second-order valence-electron chi connectivity index (χ2n) is 12.6. The van der Waals surface area contributed by atoms with E-state index in [2.05, 4.69) is 67.6 Å². The summed E-state index contributed by atoms with van der Waals surface area (Å²) in [6, 6.07) is 0. The molecule has 0 aromatic rings. The van der Waals surface area contributed by atoms with Crippen molar-refractivity contribution in [2.24, 2.45) is 33.5 Å². The number of aliphatic hydroxyl groups is 2. The van der Waals surface area contributed by atoms with Crippen molar-refractivity contribution >= 4 is 5.91 Å². The Hall–Kier alpha value is -0.610. The standard InChI is InChI=1S/C26H51NO3/c1-10-12-25(8,17-23(3,4)5)21-14-20(21)24(6,7)18-26(9,13-11-2)22(30)27-15-19(29)16-28/h19-21,28-29H,10-18H2,1-9H3,(H,27,30). The van der Waals surface area contributed by atoms with Gasteiger partial charge in [0.2, 0.25) is 5.91 Å². The van der Waals surface area contributed by atoms with Gasteiger partial charge in [-0.1, -0.05) is 75.2 Å². The molecule has 30 heavy (non-hydrogen) atoms. The Morgan fingerprint density at radius 3 is 2.00 bits per heavy atom. The van der Waals surface area contributed by atoms with Gasteiger partial charge in [-0.15, -0.1) is 0 Å². The van der Waals surface area contributed by atoms with E-state index in [9.17, 15) is 9.90 Å². The lowest BCUT2D eigenvalue weighted by molar-refractivity contribution is -0.133. The van der Waals surface area contributed by atoms with Gasteiger partial charge in [0.15, 0.2) is 0 Å². The lowest BCUT2D eigenvalue weighted by atomic mass is 9.64. The lowest BCUT2D eigenvalue weighted by Gasteiger charge is -2.41. The van der Waals surface area contributed by atoms with Crippen LogP contribution >= 0.6 is 0 Å². The van der Waals surface area contributed by atoms with Gasteiger partial charge in [0.05, 0.1) is 12.7 Å². The monoisotopic (exact) mass is 425 g/mol. The number of aliphatic hydroxyl groups excluding tert-OH is 2. The fourth-order valence-electron chi connectivity index (χ4n) is 6.48. The van der Waals surface area contributed by atoms with Crippen LogP contribution in [-0.4, -0.2) is 35.4 Å². The molecule has 1 rings (SSSR count). The molecule has 0 radical (unpaired) electrons. The van der Waals surface area contributed by atoms with Crippen molar-refractivity contribution in [3.05, 3.63) is 0 Å². The van der Waals surface area contributed by atoms with Gasteiger partial charge < -0.3 is 15.5 Å². The van der Waals surface area contributed by atoms with Crippen molar-refractivity contribution in [1.82, 2.24) is 5.32 Å². The zero-order valence-corrected chi connectivity index (χ0v) is 21.4. The molecular weight excluding hydrogens is 374 g/mol. The summed E-state index contributed by atoms with van der Waals surface area (Å²) in [7, 11) is 0. The first-order chi connectivity index (χ1) is 13.6. The van der Waals surface area contributed by atoms with E-state index < -0.39 is 11.5 Å². The Bertz CT molecular complexity index is 553. The molecule has 1 saturated carbocycles. The predicted octanol–water partition coefficient (Wildman–Crippen LogP) is 5.56. The average molecular weight is 426 g/mol. The highest BCUT2D eigenvalue weighted by molar-refractivity contribution is 5.82. The Kier molecular flexibility index (Phi) is 9.45. The van der Waals surface area contributed by atoms with Crippen molar-refractivity contribution in [1.29, 1.82) is 0 Å². The quantitative estimate of drug-likeness (QED) is 0.362. The predicted molar refractivity (Wildman–Crippen MR) is 126 cm³/mol. The SMILES string of the molecule is CCCC(C)(CC(C)(C)C1CC1C(C)(CCC)CC(C)(C)C)C(=O)NCC(O)CO. The van der Waals surface area contributed by atoms with Gasteiger partial charge in [0, 0.05) is 12.0 Å². The molecule has 1 aliphatic rings. The Labute approximate surface area is 186 Å². The van der Waals surface area contributed by atoms with Crippen molar-refractivity contribution < 1.29 is 15.0 Å². The van der Waals surface area contributed by atoms with Crippen LogP contribution in [0.25, 0.3) is 0 Å². The molecule has 0 heterocycles. The second-order valence-corrected chi connectivity index (χ2v) is 12.6. The molecule has 4 heteroatoms. The summed E-state index contributed by atoms with van der Waals surface area (Å²) in [5.74, 6) is 1.40. The third-order valence-electron chi connectivity index (χ3n) is 7.35. The van der Waals surface area contributed by atoms with Crippen LogP contribution in [0.5, 0.6) is 0 Å². The van der Waals surface area contributed by atoms with Gasteiger partial charge in [-0.25, -0.2) is 0 Å². The molecule has 0 spiro atoms. The minimum absolute atomic E-state index is 0.00753. The van der Waals surface area contributed by atoms with Gasteiger partial charge >= 0.3 is 0 Å². The summed E-state index contributed by atoms with van der Waals surface area (Å²) < 4.78 is 0. The summed E-state index contributed by atoms with van der Waals surface area (Å²) in [4.78, 5) is 13.1. The van der Waals surface area contributed by atoms with Crippen LogP contribution in [-0.2, 0) is 4.79 Å². The van der Waals surface area contributed by atoms with Crippen LogP contribution in [0.4, 0.5) is 0 Å². The third kappa shape index (κ3) is 7.51. The van der Waals surface area contributed by atoms with E-state index in [0.717, 1.165) is 25.2 Å². The van der Waals surface area contributed by atoms with Crippen LogP contribution in [0.2, 0.25) is 0 Å². The molecule has 0 aromatic heterocycles. The molecule has 178 valence electrons. The van der Waals surface area contributed by atoms with E-state index in [0.29, 0.717) is 16.7 Å². The van der Waals surface area contributed by atoms with Crippen molar-refractivity contribution in [3.8, 4) is 0 Å². The van der Waals surface area contributed by atoms with E-state index in [1.807, 2.05) is 0 Å². The summed E-state index contributed by atoms with van der Waals surface area (Å²) in [5.41, 5.74) is 0.328. The highest BCUT2D eigenvalue weighted by Gasteiger charge is 2.57. The number of rotatable bonds is 13. The molecule has 4 nitrogen and oxygen atoms in total. The first kappa shape index (κ1) is 27.4. The van der Waals surface area contributed by atoms with Crippen molar-refractivity contribution in [2.45, 2.75) is 113 Å². The molecule has 1 fully saturated rings. The highest BCUT2D eigenvalue weighted by Crippen LogP contribution is 2.64. The third-order valence-corrected chi connectivity index (χ3v) is 7.35. The van der Waals surface area contributed by atoms with E-state index in [4.69, 9.17) is 5.11 Å². The van der Waals surface area contributed by atoms with Crippen LogP contribution in [0.1, 0.15) is 107 Å². The summed E-state index contributed by atoms with van der Waals surface area (Å²) in [6.45, 7) is 20.6. The molecule has 0 aromatic carbocycles. The number of amides is 1. The summed E-state index contributed by atoms with van der Waals surface area (Å²) >= 11 is 0. The summed E-state index contributed by atoms with van der Waals surface area (Å²) in [5, 5.41) is 21.6. The Morgan fingerprint density at radius 1 is 0.967 bits per heavy atom. The maximum Gasteiger partial charge on any atom is 0.226 e. The first-order valence-corrected chi connectivity index (χ1v) is 12.2. The zero-order valence-electron chi connectivity index (χ0n) is 21.4. The molecule has 0 bridgehead atoms. The molecule has 3 N–H and O–H groups in total. The molecular formula is C26H51NO3. The molecule has 5 atom stereocenters. The Balaban J connectivity index is 2.94. The Morgan fingerprint density at radius 2 is 1.53 bits per heavy atom. The molecule has 0 saturated heterocycles. The van der Waals surface area contributed by atoms with Crippen LogP contribution in [0, 0.1) is 33.5 Å². The van der Waals surface area contributed by atoms with Crippen LogP contribution in [0.3, 0.4) is 0 Å². The zero-order chi connectivity index (χ0) is 23.4. The fourth-order valence-corrected chi connectivity index (χ4v) is 6.48. The maximum absolute atomic E-state index is 13.1. The minimum Gasteiger partial charge on any atom is -0.394 e. The second kappa shape index (κ2) is 10.3. The molecule has 1 aliphatic carbocycles. The van der Waals surface area contributed by atoms with Gasteiger partial charge in [0.25, 0.3) is 0 Å². The van der Waals surface area contributed by atoms with Gasteiger partial charge in [0.1, 0.15) is 0 Å². The smallest absolute Gasteiger partial charge is 0.226 e. The number of nitrogens with one attached hydrogen (secondary N) is 1. The number of carbonyl (C=O) groups is 1. The van der Waals surface area contributed by atoms with Gasteiger partial charge in [-0.3, -0.25) is 4.79 Å². The van der Waals surface area contributed by atoms with E-state index >= 15 is 0 Å².